The lowest BCUT2D eigenvalue weighted by atomic mass is 9.63. The van der Waals surface area contributed by atoms with Crippen LogP contribution >= 0.6 is 0 Å². The first kappa shape index (κ1) is 16.5. The highest BCUT2D eigenvalue weighted by Gasteiger charge is 2.40. The summed E-state index contributed by atoms with van der Waals surface area (Å²) >= 11 is 0. The number of rotatable bonds is 2. The Balaban J connectivity index is 2.13. The van der Waals surface area contributed by atoms with Gasteiger partial charge in [-0.15, -0.1) is 0 Å². The molecule has 118 valence electrons. The average molecular weight is 287 g/mol. The molecule has 1 aliphatic rings. The van der Waals surface area contributed by atoms with Gasteiger partial charge in [0.25, 0.3) is 0 Å². The third-order valence-electron chi connectivity index (χ3n) is 4.86. The van der Waals surface area contributed by atoms with E-state index in [1.807, 2.05) is 0 Å². The van der Waals surface area contributed by atoms with Crippen molar-refractivity contribution in [2.24, 2.45) is 17.1 Å². The summed E-state index contributed by atoms with van der Waals surface area (Å²) in [5, 5.41) is 0. The van der Waals surface area contributed by atoms with Gasteiger partial charge in [0, 0.05) is 5.54 Å². The van der Waals surface area contributed by atoms with Gasteiger partial charge in [0.05, 0.1) is 0 Å². The standard InChI is InChI=1S/C20H33N/c1-15-11-19(5,6)14-20(21,12-15)13-16-7-9-17(10-8-16)18(2,3)4/h7-10,15H,11-14,21H2,1-6H3. The minimum absolute atomic E-state index is 0.0373. The summed E-state index contributed by atoms with van der Waals surface area (Å²) in [6, 6.07) is 9.11. The molecule has 2 rings (SSSR count). The number of benzene rings is 1. The summed E-state index contributed by atoms with van der Waals surface area (Å²) in [4.78, 5) is 0. The van der Waals surface area contributed by atoms with Crippen molar-refractivity contribution in [3.63, 3.8) is 0 Å². The first-order valence-electron chi connectivity index (χ1n) is 8.38. The topological polar surface area (TPSA) is 26.0 Å². The van der Waals surface area contributed by atoms with E-state index in [0.717, 1.165) is 25.2 Å². The van der Waals surface area contributed by atoms with Crippen LogP contribution in [-0.2, 0) is 11.8 Å². The summed E-state index contributed by atoms with van der Waals surface area (Å²) < 4.78 is 0. The van der Waals surface area contributed by atoms with E-state index in [0.29, 0.717) is 5.41 Å². The number of nitrogens with two attached hydrogens (primary N) is 1. The predicted octanol–water partition coefficient (Wildman–Crippen LogP) is 5.07. The Kier molecular flexibility index (Phi) is 4.28. The maximum atomic E-state index is 6.78. The normalized spacial score (nSPS) is 29.4. The van der Waals surface area contributed by atoms with Crippen LogP contribution < -0.4 is 5.73 Å². The van der Waals surface area contributed by atoms with Crippen LogP contribution in [0.5, 0.6) is 0 Å². The zero-order chi connectivity index (χ0) is 15.9. The average Bonchev–Trinajstić information content (AvgIpc) is 2.23. The number of hydrogen-bond acceptors (Lipinski definition) is 1. The van der Waals surface area contributed by atoms with Gasteiger partial charge in [-0.2, -0.15) is 0 Å². The molecule has 0 saturated heterocycles. The molecule has 0 bridgehead atoms. The molecule has 1 saturated carbocycles. The monoisotopic (exact) mass is 287 g/mol. The second-order valence-corrected chi connectivity index (χ2v) is 9.34. The molecular weight excluding hydrogens is 254 g/mol. The summed E-state index contributed by atoms with van der Waals surface area (Å²) in [5.41, 5.74) is 10.1. The van der Waals surface area contributed by atoms with Gasteiger partial charge in [-0.3, -0.25) is 0 Å². The quantitative estimate of drug-likeness (QED) is 0.807. The van der Waals surface area contributed by atoms with Gasteiger partial charge in [-0.1, -0.05) is 65.8 Å². The molecule has 2 unspecified atom stereocenters. The molecule has 0 spiro atoms. The van der Waals surface area contributed by atoms with Gasteiger partial charge in [0.15, 0.2) is 0 Å². The van der Waals surface area contributed by atoms with Crippen LogP contribution in [0.3, 0.4) is 0 Å². The highest BCUT2D eigenvalue weighted by atomic mass is 14.8. The van der Waals surface area contributed by atoms with Crippen molar-refractivity contribution in [1.82, 2.24) is 0 Å². The van der Waals surface area contributed by atoms with Crippen molar-refractivity contribution in [3.8, 4) is 0 Å². The first-order valence-corrected chi connectivity index (χ1v) is 8.38. The Morgan fingerprint density at radius 3 is 2.14 bits per heavy atom. The lowest BCUT2D eigenvalue weighted by molar-refractivity contribution is 0.108. The molecule has 1 aromatic rings. The highest BCUT2D eigenvalue weighted by molar-refractivity contribution is 5.28. The molecular formula is C20H33N. The van der Waals surface area contributed by atoms with Crippen LogP contribution in [0.2, 0.25) is 0 Å². The van der Waals surface area contributed by atoms with E-state index in [9.17, 15) is 0 Å². The van der Waals surface area contributed by atoms with Crippen molar-refractivity contribution in [1.29, 1.82) is 0 Å². The molecule has 0 radical (unpaired) electrons. The maximum Gasteiger partial charge on any atom is 0.0202 e. The van der Waals surface area contributed by atoms with Crippen LogP contribution in [0.15, 0.2) is 24.3 Å². The van der Waals surface area contributed by atoms with Gasteiger partial charge < -0.3 is 5.73 Å². The van der Waals surface area contributed by atoms with Crippen LogP contribution in [0.25, 0.3) is 0 Å². The van der Waals surface area contributed by atoms with E-state index in [1.165, 1.54) is 17.5 Å². The zero-order valence-corrected chi connectivity index (χ0v) is 14.8. The van der Waals surface area contributed by atoms with Gasteiger partial charge in [-0.25, -0.2) is 0 Å². The van der Waals surface area contributed by atoms with Crippen molar-refractivity contribution >= 4 is 0 Å². The Hall–Kier alpha value is -0.820. The summed E-state index contributed by atoms with van der Waals surface area (Å²) in [7, 11) is 0. The van der Waals surface area contributed by atoms with E-state index >= 15 is 0 Å². The molecule has 0 aliphatic heterocycles. The molecule has 1 fully saturated rings. The Labute approximate surface area is 131 Å². The zero-order valence-electron chi connectivity index (χ0n) is 14.8. The maximum absolute atomic E-state index is 6.78. The SMILES string of the molecule is CC1CC(C)(C)CC(N)(Cc2ccc(C(C)(C)C)cc2)C1. The van der Waals surface area contributed by atoms with E-state index in [1.54, 1.807) is 0 Å². The molecule has 0 heterocycles. The fourth-order valence-electron chi connectivity index (χ4n) is 4.47. The molecule has 1 aromatic carbocycles. The third kappa shape index (κ3) is 4.32. The number of hydrogen-bond donors (Lipinski definition) is 1. The first-order chi connectivity index (χ1) is 9.49. The summed E-state index contributed by atoms with van der Waals surface area (Å²) in [6.45, 7) is 13.9. The van der Waals surface area contributed by atoms with Crippen LogP contribution in [0.1, 0.15) is 71.9 Å². The summed E-state index contributed by atoms with van der Waals surface area (Å²) in [5.74, 6) is 0.729. The van der Waals surface area contributed by atoms with Crippen molar-refractivity contribution in [2.45, 2.75) is 78.2 Å². The Morgan fingerprint density at radius 1 is 1.10 bits per heavy atom. The molecule has 2 atom stereocenters. The molecule has 0 amide bonds. The van der Waals surface area contributed by atoms with E-state index in [2.05, 4.69) is 65.8 Å². The van der Waals surface area contributed by atoms with Crippen LogP contribution in [0, 0.1) is 11.3 Å². The lowest BCUT2D eigenvalue weighted by Crippen LogP contribution is -2.50. The Bertz CT molecular complexity index is 478. The van der Waals surface area contributed by atoms with E-state index in [-0.39, 0.29) is 11.0 Å². The van der Waals surface area contributed by atoms with Crippen molar-refractivity contribution < 1.29 is 0 Å². The predicted molar refractivity (Wildman–Crippen MR) is 92.6 cm³/mol. The van der Waals surface area contributed by atoms with Crippen molar-refractivity contribution in [3.05, 3.63) is 35.4 Å². The summed E-state index contributed by atoms with van der Waals surface area (Å²) in [6.07, 6.45) is 4.59. The second kappa shape index (κ2) is 5.43. The fraction of sp³-hybridized carbons (Fsp3) is 0.700. The minimum Gasteiger partial charge on any atom is -0.325 e. The molecule has 1 nitrogen and oxygen atoms in total. The van der Waals surface area contributed by atoms with E-state index < -0.39 is 0 Å². The molecule has 1 aliphatic carbocycles. The smallest absolute Gasteiger partial charge is 0.0202 e. The van der Waals surface area contributed by atoms with Gasteiger partial charge in [-0.05, 0) is 53.6 Å². The molecule has 2 N–H and O–H groups in total. The minimum atomic E-state index is -0.0373. The van der Waals surface area contributed by atoms with Gasteiger partial charge in [0.1, 0.15) is 0 Å². The Morgan fingerprint density at radius 2 is 1.67 bits per heavy atom. The largest absolute Gasteiger partial charge is 0.325 e. The van der Waals surface area contributed by atoms with Crippen LogP contribution in [-0.4, -0.2) is 5.54 Å². The lowest BCUT2D eigenvalue weighted by Gasteiger charge is -2.46. The molecule has 0 aromatic heterocycles. The van der Waals surface area contributed by atoms with Gasteiger partial charge >= 0.3 is 0 Å². The highest BCUT2D eigenvalue weighted by Crippen LogP contribution is 2.44. The molecule has 21 heavy (non-hydrogen) atoms. The van der Waals surface area contributed by atoms with Crippen LogP contribution in [0.4, 0.5) is 0 Å². The van der Waals surface area contributed by atoms with Gasteiger partial charge in [0.2, 0.25) is 0 Å². The van der Waals surface area contributed by atoms with E-state index in [4.69, 9.17) is 5.73 Å². The third-order valence-corrected chi connectivity index (χ3v) is 4.86. The van der Waals surface area contributed by atoms with Crippen molar-refractivity contribution in [2.75, 3.05) is 0 Å². The fourth-order valence-corrected chi connectivity index (χ4v) is 4.47. The second-order valence-electron chi connectivity index (χ2n) is 9.34. The molecule has 1 heteroatoms.